The molecule has 1 heterocycles. The smallest absolute Gasteiger partial charge is 0.339 e. The van der Waals surface area contributed by atoms with Gasteiger partial charge < -0.3 is 9.84 Å². The lowest BCUT2D eigenvalue weighted by atomic mass is 10.1. The van der Waals surface area contributed by atoms with Gasteiger partial charge in [-0.25, -0.2) is 4.79 Å². The summed E-state index contributed by atoms with van der Waals surface area (Å²) < 4.78 is 4.49. The van der Waals surface area contributed by atoms with Gasteiger partial charge in [-0.15, -0.1) is 0 Å². The van der Waals surface area contributed by atoms with Gasteiger partial charge in [0, 0.05) is 12.4 Å². The largest absolute Gasteiger partial charge is 0.465 e. The highest BCUT2D eigenvalue weighted by atomic mass is 16.5. The van der Waals surface area contributed by atoms with E-state index >= 15 is 0 Å². The maximum absolute atomic E-state index is 11.0. The lowest BCUT2D eigenvalue weighted by Crippen LogP contribution is -2.06. The predicted octanol–water partition coefficient (Wildman–Crippen LogP) is 0.360. The van der Waals surface area contributed by atoms with Crippen LogP contribution in [-0.4, -0.2) is 23.2 Å². The van der Waals surface area contributed by atoms with E-state index in [2.05, 4.69) is 9.72 Å². The third kappa shape index (κ3) is 1.60. The normalized spacial score (nSPS) is 9.50. The summed E-state index contributed by atoms with van der Waals surface area (Å²) in [4.78, 5) is 14.8. The van der Waals surface area contributed by atoms with E-state index in [1.165, 1.54) is 19.5 Å². The second-order valence-corrected chi connectivity index (χ2v) is 2.18. The van der Waals surface area contributed by atoms with Crippen LogP contribution in [0.2, 0.25) is 0 Å². The van der Waals surface area contributed by atoms with E-state index in [1.54, 1.807) is 6.07 Å². The van der Waals surface area contributed by atoms with Crippen LogP contribution in [0.25, 0.3) is 0 Å². The molecule has 1 aromatic rings. The number of hydrogen-bond donors (Lipinski definition) is 1. The average molecular weight is 167 g/mol. The minimum Gasteiger partial charge on any atom is -0.465 e. The van der Waals surface area contributed by atoms with Crippen LogP contribution < -0.4 is 0 Å². The number of carbonyl (C=O) groups is 1. The van der Waals surface area contributed by atoms with E-state index in [-0.39, 0.29) is 6.61 Å². The monoisotopic (exact) mass is 167 g/mol. The molecule has 1 N–H and O–H groups in total. The Hall–Kier alpha value is -1.42. The van der Waals surface area contributed by atoms with E-state index < -0.39 is 5.97 Å². The summed E-state index contributed by atoms with van der Waals surface area (Å²) in [6.45, 7) is -0.188. The molecular weight excluding hydrogens is 158 g/mol. The molecule has 0 spiro atoms. The molecule has 0 aliphatic carbocycles. The van der Waals surface area contributed by atoms with Gasteiger partial charge in [-0.2, -0.15) is 0 Å². The number of esters is 1. The minimum atomic E-state index is -0.479. The Labute approximate surface area is 69.8 Å². The molecule has 4 heteroatoms. The molecule has 0 saturated carbocycles. The maximum Gasteiger partial charge on any atom is 0.339 e. The van der Waals surface area contributed by atoms with Crippen LogP contribution in [0.5, 0.6) is 0 Å². The van der Waals surface area contributed by atoms with Crippen molar-refractivity contribution in [1.82, 2.24) is 4.98 Å². The van der Waals surface area contributed by atoms with Crippen molar-refractivity contribution in [1.29, 1.82) is 0 Å². The van der Waals surface area contributed by atoms with Crippen molar-refractivity contribution in [3.63, 3.8) is 0 Å². The lowest BCUT2D eigenvalue weighted by molar-refractivity contribution is 0.0596. The zero-order chi connectivity index (χ0) is 8.97. The Bertz CT molecular complexity index is 285. The van der Waals surface area contributed by atoms with E-state index in [0.29, 0.717) is 11.1 Å². The van der Waals surface area contributed by atoms with Gasteiger partial charge in [0.25, 0.3) is 0 Å². The molecule has 0 saturated heterocycles. The molecule has 1 rings (SSSR count). The Morgan fingerprint density at radius 2 is 2.50 bits per heavy atom. The third-order valence-corrected chi connectivity index (χ3v) is 1.49. The summed E-state index contributed by atoms with van der Waals surface area (Å²) in [5.74, 6) is -0.479. The summed E-state index contributed by atoms with van der Waals surface area (Å²) in [6.07, 6.45) is 2.88. The number of ether oxygens (including phenoxy) is 1. The number of methoxy groups -OCH3 is 1. The molecule has 0 bridgehead atoms. The van der Waals surface area contributed by atoms with Crippen molar-refractivity contribution >= 4 is 5.97 Å². The van der Waals surface area contributed by atoms with Gasteiger partial charge in [-0.1, -0.05) is 0 Å². The molecule has 12 heavy (non-hydrogen) atoms. The molecule has 1 aromatic heterocycles. The number of aromatic nitrogens is 1. The van der Waals surface area contributed by atoms with Gasteiger partial charge >= 0.3 is 5.97 Å². The summed E-state index contributed by atoms with van der Waals surface area (Å²) >= 11 is 0. The van der Waals surface area contributed by atoms with Crippen molar-refractivity contribution in [2.45, 2.75) is 6.61 Å². The molecular formula is C8H9NO3. The zero-order valence-corrected chi connectivity index (χ0v) is 6.65. The molecule has 0 radical (unpaired) electrons. The number of aliphatic hydroxyl groups is 1. The first kappa shape index (κ1) is 8.67. The van der Waals surface area contributed by atoms with E-state index in [9.17, 15) is 4.79 Å². The van der Waals surface area contributed by atoms with Crippen LogP contribution in [0.3, 0.4) is 0 Å². The highest BCUT2D eigenvalue weighted by molar-refractivity contribution is 5.90. The maximum atomic E-state index is 11.0. The molecule has 0 unspecified atom stereocenters. The fourth-order valence-corrected chi connectivity index (χ4v) is 0.855. The SMILES string of the molecule is COC(=O)c1cnccc1CO. The Kier molecular flexibility index (Phi) is 2.76. The zero-order valence-electron chi connectivity index (χ0n) is 6.65. The van der Waals surface area contributed by atoms with Gasteiger partial charge in [0.05, 0.1) is 19.3 Å². The first-order chi connectivity index (χ1) is 5.79. The molecule has 0 aliphatic rings. The highest BCUT2D eigenvalue weighted by Gasteiger charge is 2.09. The van der Waals surface area contributed by atoms with Crippen molar-refractivity contribution in [3.8, 4) is 0 Å². The number of aliphatic hydroxyl groups excluding tert-OH is 1. The number of pyridine rings is 1. The number of nitrogens with zero attached hydrogens (tertiary/aromatic N) is 1. The van der Waals surface area contributed by atoms with Crippen LogP contribution in [-0.2, 0) is 11.3 Å². The van der Waals surface area contributed by atoms with Crippen molar-refractivity contribution in [2.75, 3.05) is 7.11 Å². The molecule has 0 amide bonds. The molecule has 0 fully saturated rings. The van der Waals surface area contributed by atoms with Crippen LogP contribution in [0.4, 0.5) is 0 Å². The topological polar surface area (TPSA) is 59.4 Å². The van der Waals surface area contributed by atoms with Crippen molar-refractivity contribution < 1.29 is 14.6 Å². The van der Waals surface area contributed by atoms with Crippen LogP contribution in [0, 0.1) is 0 Å². The molecule has 0 atom stereocenters. The van der Waals surface area contributed by atoms with E-state index in [0.717, 1.165) is 0 Å². The first-order valence-corrected chi connectivity index (χ1v) is 3.41. The van der Waals surface area contributed by atoms with Gasteiger partial charge in [0.15, 0.2) is 0 Å². The quantitative estimate of drug-likeness (QED) is 0.646. The van der Waals surface area contributed by atoms with Crippen LogP contribution in [0.15, 0.2) is 18.5 Å². The molecule has 4 nitrogen and oxygen atoms in total. The lowest BCUT2D eigenvalue weighted by Gasteiger charge is -2.02. The van der Waals surface area contributed by atoms with Gasteiger partial charge in [-0.3, -0.25) is 4.98 Å². The van der Waals surface area contributed by atoms with E-state index in [1.807, 2.05) is 0 Å². The fourth-order valence-electron chi connectivity index (χ4n) is 0.855. The molecule has 64 valence electrons. The number of carbonyl (C=O) groups excluding carboxylic acids is 1. The number of hydrogen-bond acceptors (Lipinski definition) is 4. The second-order valence-electron chi connectivity index (χ2n) is 2.18. The minimum absolute atomic E-state index is 0.188. The van der Waals surface area contributed by atoms with Gasteiger partial charge in [0.1, 0.15) is 0 Å². The highest BCUT2D eigenvalue weighted by Crippen LogP contribution is 2.07. The molecule has 0 aromatic carbocycles. The predicted molar refractivity (Wildman–Crippen MR) is 41.5 cm³/mol. The Balaban J connectivity index is 3.04. The fraction of sp³-hybridized carbons (Fsp3) is 0.250. The van der Waals surface area contributed by atoms with Crippen LogP contribution in [0.1, 0.15) is 15.9 Å². The number of rotatable bonds is 2. The summed E-state index contributed by atoms with van der Waals surface area (Å²) in [5.41, 5.74) is 0.833. The summed E-state index contributed by atoms with van der Waals surface area (Å²) in [6, 6.07) is 1.58. The Morgan fingerprint density at radius 1 is 1.75 bits per heavy atom. The summed E-state index contributed by atoms with van der Waals surface area (Å²) in [7, 11) is 1.29. The third-order valence-electron chi connectivity index (χ3n) is 1.49. The van der Waals surface area contributed by atoms with Crippen LogP contribution >= 0.6 is 0 Å². The van der Waals surface area contributed by atoms with Crippen molar-refractivity contribution in [2.24, 2.45) is 0 Å². The standard InChI is InChI=1S/C8H9NO3/c1-12-8(11)7-4-9-3-2-6(7)5-10/h2-4,10H,5H2,1H3. The van der Waals surface area contributed by atoms with Gasteiger partial charge in [-0.05, 0) is 11.6 Å². The van der Waals surface area contributed by atoms with E-state index in [4.69, 9.17) is 5.11 Å². The Morgan fingerprint density at radius 3 is 3.08 bits per heavy atom. The van der Waals surface area contributed by atoms with Gasteiger partial charge in [0.2, 0.25) is 0 Å². The first-order valence-electron chi connectivity index (χ1n) is 3.41. The second kappa shape index (κ2) is 3.82. The molecule has 0 aliphatic heterocycles. The average Bonchev–Trinajstić information content (AvgIpc) is 2.16. The van der Waals surface area contributed by atoms with Crippen molar-refractivity contribution in [3.05, 3.63) is 29.6 Å². The summed E-state index contributed by atoms with van der Waals surface area (Å²) in [5, 5.41) is 8.83.